The molecule has 7 heteroatoms. The smallest absolute Gasteiger partial charge is 0.328 e. The predicted molar refractivity (Wildman–Crippen MR) is 87.1 cm³/mol. The molecule has 0 aliphatic heterocycles. The summed E-state index contributed by atoms with van der Waals surface area (Å²) in [5, 5.41) is 2.39. The molecule has 0 saturated carbocycles. The van der Waals surface area contributed by atoms with Crippen molar-refractivity contribution in [2.24, 2.45) is 5.73 Å². The third kappa shape index (κ3) is 7.21. The first-order valence-corrected chi connectivity index (χ1v) is 8.33. The third-order valence-electron chi connectivity index (χ3n) is 2.83. The monoisotopic (exact) mass is 326 g/mol. The van der Waals surface area contributed by atoms with Gasteiger partial charge in [-0.3, -0.25) is 0 Å². The molecule has 0 aromatic heterocycles. The van der Waals surface area contributed by atoms with Crippen molar-refractivity contribution in [1.82, 2.24) is 5.32 Å². The summed E-state index contributed by atoms with van der Waals surface area (Å²) in [6.45, 7) is 2.36. The summed E-state index contributed by atoms with van der Waals surface area (Å²) in [5.74, 6) is 0.941. The van der Waals surface area contributed by atoms with Crippen molar-refractivity contribution in [2.45, 2.75) is 19.4 Å². The number of carbonyl (C=O) groups is 2. The fourth-order valence-corrected chi connectivity index (χ4v) is 2.16. The van der Waals surface area contributed by atoms with E-state index in [9.17, 15) is 9.59 Å². The van der Waals surface area contributed by atoms with Gasteiger partial charge in [-0.1, -0.05) is 17.7 Å². The lowest BCUT2D eigenvalue weighted by Crippen LogP contribution is -2.45. The minimum atomic E-state index is -0.737. The Hall–Kier alpha value is -1.89. The summed E-state index contributed by atoms with van der Waals surface area (Å²) in [6.07, 6.45) is 2.39. The Morgan fingerprint density at radius 1 is 1.27 bits per heavy atom. The number of nitrogens with two attached hydrogens (primary N) is 1. The van der Waals surface area contributed by atoms with E-state index < -0.39 is 18.0 Å². The molecule has 1 aromatic rings. The summed E-state index contributed by atoms with van der Waals surface area (Å²) >= 11 is 1.58. The highest BCUT2D eigenvalue weighted by Gasteiger charge is 2.20. The molecule has 0 aliphatic carbocycles. The highest BCUT2D eigenvalue weighted by molar-refractivity contribution is 7.98. The molecular formula is C15H22N2O4S. The zero-order valence-electron chi connectivity index (χ0n) is 12.8. The van der Waals surface area contributed by atoms with Gasteiger partial charge in [0, 0.05) is 0 Å². The van der Waals surface area contributed by atoms with E-state index in [1.807, 2.05) is 37.4 Å². The highest BCUT2D eigenvalue weighted by atomic mass is 32.2. The van der Waals surface area contributed by atoms with Gasteiger partial charge in [-0.25, -0.2) is 9.59 Å². The Bertz CT molecular complexity index is 479. The molecule has 0 heterocycles. The van der Waals surface area contributed by atoms with E-state index >= 15 is 0 Å². The van der Waals surface area contributed by atoms with Crippen LogP contribution < -0.4 is 15.8 Å². The number of benzene rings is 1. The summed E-state index contributed by atoms with van der Waals surface area (Å²) in [4.78, 5) is 22.8. The van der Waals surface area contributed by atoms with Crippen LogP contribution >= 0.6 is 11.8 Å². The summed E-state index contributed by atoms with van der Waals surface area (Å²) in [6, 6.07) is 6.14. The number of thioether (sulfide) groups is 1. The van der Waals surface area contributed by atoms with E-state index in [1.165, 1.54) is 0 Å². The molecule has 0 fully saturated rings. The van der Waals surface area contributed by atoms with Crippen LogP contribution in [0.2, 0.25) is 0 Å². The van der Waals surface area contributed by atoms with Crippen LogP contribution in [0.5, 0.6) is 5.75 Å². The van der Waals surface area contributed by atoms with E-state index in [2.05, 4.69) is 5.32 Å². The fourth-order valence-electron chi connectivity index (χ4n) is 1.69. The maximum atomic E-state index is 11.9. The van der Waals surface area contributed by atoms with Gasteiger partial charge in [0.25, 0.3) is 0 Å². The fraction of sp³-hybridized carbons (Fsp3) is 0.467. The molecule has 2 amide bonds. The van der Waals surface area contributed by atoms with Crippen LogP contribution in [0.1, 0.15) is 12.0 Å². The summed E-state index contributed by atoms with van der Waals surface area (Å²) in [5.41, 5.74) is 6.20. The van der Waals surface area contributed by atoms with Gasteiger partial charge in [0.1, 0.15) is 25.0 Å². The van der Waals surface area contributed by atoms with Crippen LogP contribution in [0.3, 0.4) is 0 Å². The molecule has 1 rings (SSSR count). The van der Waals surface area contributed by atoms with Gasteiger partial charge in [0.2, 0.25) is 0 Å². The lowest BCUT2D eigenvalue weighted by atomic mass is 10.2. The molecule has 3 N–H and O–H groups in total. The minimum Gasteiger partial charge on any atom is -0.490 e. The first-order chi connectivity index (χ1) is 10.5. The number of carbonyl (C=O) groups excluding carboxylic acids is 2. The molecule has 122 valence electrons. The van der Waals surface area contributed by atoms with Crippen LogP contribution in [0.15, 0.2) is 24.3 Å². The number of hydrogen-bond donors (Lipinski definition) is 2. The number of ether oxygens (including phenoxy) is 2. The maximum Gasteiger partial charge on any atom is 0.328 e. The van der Waals surface area contributed by atoms with Gasteiger partial charge in [-0.2, -0.15) is 11.8 Å². The average molecular weight is 326 g/mol. The van der Waals surface area contributed by atoms with Gasteiger partial charge in [-0.15, -0.1) is 0 Å². The predicted octanol–water partition coefficient (Wildman–Crippen LogP) is 1.71. The second-order valence-corrected chi connectivity index (χ2v) is 5.66. The van der Waals surface area contributed by atoms with Crippen LogP contribution in [-0.2, 0) is 9.53 Å². The van der Waals surface area contributed by atoms with Crippen LogP contribution in [0.4, 0.5) is 4.79 Å². The Balaban J connectivity index is 2.32. The Labute approximate surface area is 134 Å². The van der Waals surface area contributed by atoms with Gasteiger partial charge in [-0.05, 0) is 37.5 Å². The normalized spacial score (nSPS) is 11.5. The van der Waals surface area contributed by atoms with Crippen LogP contribution in [0.25, 0.3) is 0 Å². The van der Waals surface area contributed by atoms with E-state index in [-0.39, 0.29) is 13.2 Å². The van der Waals surface area contributed by atoms with Crippen molar-refractivity contribution < 1.29 is 19.1 Å². The van der Waals surface area contributed by atoms with E-state index in [4.69, 9.17) is 15.2 Å². The molecule has 0 spiro atoms. The Kier molecular flexibility index (Phi) is 8.21. The standard InChI is InChI=1S/C15H22N2O4S/c1-11-3-5-12(6-4-11)20-8-9-21-14(18)13(7-10-22-2)17-15(16)19/h3-6,13H,7-10H2,1-2H3,(H3,16,17,19)/t13-/m1/s1. The first kappa shape index (κ1) is 18.2. The van der Waals surface area contributed by atoms with Crippen molar-refractivity contribution >= 4 is 23.8 Å². The average Bonchev–Trinajstić information content (AvgIpc) is 2.49. The zero-order chi connectivity index (χ0) is 16.4. The number of hydrogen-bond acceptors (Lipinski definition) is 5. The minimum absolute atomic E-state index is 0.114. The molecule has 0 unspecified atom stereocenters. The quantitative estimate of drug-likeness (QED) is 0.532. The number of esters is 1. The van der Waals surface area contributed by atoms with Gasteiger partial charge >= 0.3 is 12.0 Å². The van der Waals surface area contributed by atoms with Crippen molar-refractivity contribution in [3.8, 4) is 5.75 Å². The second-order valence-electron chi connectivity index (χ2n) is 4.67. The van der Waals surface area contributed by atoms with Gasteiger partial charge in [0.15, 0.2) is 0 Å². The number of urea groups is 1. The molecule has 0 saturated heterocycles. The first-order valence-electron chi connectivity index (χ1n) is 6.94. The number of amides is 2. The lowest BCUT2D eigenvalue weighted by molar-refractivity contribution is -0.146. The topological polar surface area (TPSA) is 90.7 Å². The molecule has 6 nitrogen and oxygen atoms in total. The molecular weight excluding hydrogens is 304 g/mol. The van der Waals surface area contributed by atoms with E-state index in [1.54, 1.807) is 11.8 Å². The second kappa shape index (κ2) is 9.94. The molecule has 1 aromatic carbocycles. The highest BCUT2D eigenvalue weighted by Crippen LogP contribution is 2.11. The molecule has 22 heavy (non-hydrogen) atoms. The van der Waals surface area contributed by atoms with Crippen molar-refractivity contribution in [3.05, 3.63) is 29.8 Å². The largest absolute Gasteiger partial charge is 0.490 e. The lowest BCUT2D eigenvalue weighted by Gasteiger charge is -2.16. The molecule has 0 aliphatic rings. The van der Waals surface area contributed by atoms with Crippen molar-refractivity contribution in [1.29, 1.82) is 0 Å². The molecule has 0 bridgehead atoms. The summed E-state index contributed by atoms with van der Waals surface area (Å²) in [7, 11) is 0. The number of rotatable bonds is 9. The van der Waals surface area contributed by atoms with Crippen molar-refractivity contribution in [3.63, 3.8) is 0 Å². The zero-order valence-corrected chi connectivity index (χ0v) is 13.7. The Morgan fingerprint density at radius 2 is 1.95 bits per heavy atom. The Morgan fingerprint density at radius 3 is 2.55 bits per heavy atom. The van der Waals surface area contributed by atoms with Gasteiger partial charge in [0.05, 0.1) is 0 Å². The molecule has 1 atom stereocenters. The number of nitrogens with one attached hydrogen (secondary N) is 1. The number of aryl methyl sites for hydroxylation is 1. The number of primary amides is 1. The van der Waals surface area contributed by atoms with Crippen LogP contribution in [-0.4, -0.2) is 43.3 Å². The third-order valence-corrected chi connectivity index (χ3v) is 3.47. The van der Waals surface area contributed by atoms with Crippen LogP contribution in [0, 0.1) is 6.92 Å². The van der Waals surface area contributed by atoms with Gasteiger partial charge < -0.3 is 20.5 Å². The molecule has 0 radical (unpaired) electrons. The SMILES string of the molecule is CSCC[C@@H](NC(N)=O)C(=O)OCCOc1ccc(C)cc1. The maximum absolute atomic E-state index is 11.9. The van der Waals surface area contributed by atoms with Crippen molar-refractivity contribution in [2.75, 3.05) is 25.2 Å². The summed E-state index contributed by atoms with van der Waals surface area (Å²) < 4.78 is 10.6. The van der Waals surface area contributed by atoms with E-state index in [0.717, 1.165) is 17.1 Å². The van der Waals surface area contributed by atoms with E-state index in [0.29, 0.717) is 6.42 Å².